The molecule has 5 nitrogen and oxygen atoms in total. The first-order valence-corrected chi connectivity index (χ1v) is 4.95. The normalized spacial score (nSPS) is 36.1. The number of fused-ring (bicyclic) bond motifs is 2. The van der Waals surface area contributed by atoms with Gasteiger partial charge in [0.2, 0.25) is 0 Å². The SMILES string of the molecule is COCC1C[C@@H]2CNC[C@H]1N2C(=O)O. The highest BCUT2D eigenvalue weighted by Gasteiger charge is 2.45. The second-order valence-corrected chi connectivity index (χ2v) is 4.02. The van der Waals surface area contributed by atoms with Crippen LogP contribution < -0.4 is 5.32 Å². The Morgan fingerprint density at radius 1 is 1.64 bits per heavy atom. The summed E-state index contributed by atoms with van der Waals surface area (Å²) in [5, 5.41) is 12.3. The van der Waals surface area contributed by atoms with Gasteiger partial charge in [0.25, 0.3) is 0 Å². The summed E-state index contributed by atoms with van der Waals surface area (Å²) in [5.74, 6) is 0.357. The molecule has 0 aromatic carbocycles. The third kappa shape index (κ3) is 1.46. The minimum atomic E-state index is -0.792. The monoisotopic (exact) mass is 200 g/mol. The lowest BCUT2D eigenvalue weighted by atomic mass is 10.0. The number of nitrogens with zero attached hydrogens (tertiary/aromatic N) is 1. The number of hydrogen-bond donors (Lipinski definition) is 2. The third-order valence-corrected chi connectivity index (χ3v) is 3.20. The maximum Gasteiger partial charge on any atom is 0.407 e. The third-order valence-electron chi connectivity index (χ3n) is 3.20. The average molecular weight is 200 g/mol. The number of carbonyl (C=O) groups is 1. The number of hydrogen-bond acceptors (Lipinski definition) is 3. The summed E-state index contributed by atoms with van der Waals surface area (Å²) in [6.45, 7) is 2.20. The van der Waals surface area contributed by atoms with Crippen LogP contribution in [0.3, 0.4) is 0 Å². The summed E-state index contributed by atoms with van der Waals surface area (Å²) in [7, 11) is 1.67. The van der Waals surface area contributed by atoms with Gasteiger partial charge >= 0.3 is 6.09 Å². The van der Waals surface area contributed by atoms with Gasteiger partial charge in [0, 0.05) is 32.2 Å². The first kappa shape index (κ1) is 9.73. The molecule has 14 heavy (non-hydrogen) atoms. The lowest BCUT2D eigenvalue weighted by Crippen LogP contribution is -2.54. The van der Waals surface area contributed by atoms with E-state index in [2.05, 4.69) is 5.32 Å². The van der Waals surface area contributed by atoms with Crippen LogP contribution in [-0.2, 0) is 4.74 Å². The number of amides is 1. The fraction of sp³-hybridized carbons (Fsp3) is 0.889. The van der Waals surface area contributed by atoms with Crippen LogP contribution in [-0.4, -0.2) is 55.0 Å². The number of ether oxygens (including phenoxy) is 1. The van der Waals surface area contributed by atoms with Gasteiger partial charge in [0.05, 0.1) is 12.6 Å². The summed E-state index contributed by atoms with van der Waals surface area (Å²) in [5.41, 5.74) is 0. The molecule has 2 saturated heterocycles. The Morgan fingerprint density at radius 2 is 2.43 bits per heavy atom. The molecular formula is C9H16N2O3. The summed E-state index contributed by atoms with van der Waals surface area (Å²) in [4.78, 5) is 12.6. The Hall–Kier alpha value is -0.810. The quantitative estimate of drug-likeness (QED) is 0.657. The second-order valence-electron chi connectivity index (χ2n) is 4.02. The largest absolute Gasteiger partial charge is 0.465 e. The van der Waals surface area contributed by atoms with Crippen molar-refractivity contribution < 1.29 is 14.6 Å². The van der Waals surface area contributed by atoms with Gasteiger partial charge in [0.15, 0.2) is 0 Å². The lowest BCUT2D eigenvalue weighted by Gasteiger charge is -2.33. The van der Waals surface area contributed by atoms with Crippen molar-refractivity contribution in [1.29, 1.82) is 0 Å². The van der Waals surface area contributed by atoms with Crippen molar-refractivity contribution in [3.63, 3.8) is 0 Å². The van der Waals surface area contributed by atoms with E-state index in [0.29, 0.717) is 12.5 Å². The van der Waals surface area contributed by atoms with Crippen LogP contribution in [0.5, 0.6) is 0 Å². The van der Waals surface area contributed by atoms with Gasteiger partial charge in [-0.15, -0.1) is 0 Å². The van der Waals surface area contributed by atoms with Gasteiger partial charge in [-0.1, -0.05) is 0 Å². The molecule has 2 heterocycles. The molecule has 2 bridgehead atoms. The van der Waals surface area contributed by atoms with Crippen LogP contribution in [0.25, 0.3) is 0 Å². The van der Waals surface area contributed by atoms with E-state index in [1.807, 2.05) is 0 Å². The van der Waals surface area contributed by atoms with Crippen LogP contribution in [0, 0.1) is 5.92 Å². The molecule has 2 aliphatic rings. The van der Waals surface area contributed by atoms with Crippen molar-refractivity contribution in [2.75, 3.05) is 26.8 Å². The van der Waals surface area contributed by atoms with E-state index in [1.54, 1.807) is 12.0 Å². The molecule has 80 valence electrons. The molecule has 0 radical (unpaired) electrons. The first-order chi connectivity index (χ1) is 6.74. The Labute approximate surface area is 83.0 Å². The molecule has 0 spiro atoms. The van der Waals surface area contributed by atoms with Gasteiger partial charge in [-0.25, -0.2) is 4.79 Å². The van der Waals surface area contributed by atoms with Gasteiger partial charge < -0.3 is 15.2 Å². The molecule has 1 amide bonds. The summed E-state index contributed by atoms with van der Waals surface area (Å²) >= 11 is 0. The standard InChI is InChI=1S/C9H16N2O3/c1-14-5-6-2-7-3-10-4-8(6)11(7)9(12)13/h6-8,10H,2-5H2,1H3,(H,12,13)/t6?,7-,8-/m1/s1. The Bertz CT molecular complexity index is 234. The zero-order valence-electron chi connectivity index (χ0n) is 8.27. The van der Waals surface area contributed by atoms with E-state index < -0.39 is 6.09 Å². The summed E-state index contributed by atoms with van der Waals surface area (Å²) in [6.07, 6.45) is 0.137. The molecule has 5 heteroatoms. The van der Waals surface area contributed by atoms with Crippen LogP contribution in [0.15, 0.2) is 0 Å². The van der Waals surface area contributed by atoms with Crippen molar-refractivity contribution in [1.82, 2.24) is 10.2 Å². The van der Waals surface area contributed by atoms with Crippen molar-refractivity contribution in [2.45, 2.75) is 18.5 Å². The molecule has 2 N–H and O–H groups in total. The van der Waals surface area contributed by atoms with Gasteiger partial charge in [-0.05, 0) is 6.42 Å². The molecule has 2 fully saturated rings. The topological polar surface area (TPSA) is 61.8 Å². The molecule has 0 aliphatic carbocycles. The highest BCUT2D eigenvalue weighted by Crippen LogP contribution is 2.32. The zero-order valence-corrected chi connectivity index (χ0v) is 8.27. The van der Waals surface area contributed by atoms with E-state index in [0.717, 1.165) is 19.5 Å². The number of methoxy groups -OCH3 is 1. The number of nitrogens with one attached hydrogen (secondary N) is 1. The Kier molecular flexibility index (Phi) is 2.60. The second kappa shape index (κ2) is 3.74. The summed E-state index contributed by atoms with van der Waals surface area (Å²) in [6, 6.07) is 0.248. The van der Waals surface area contributed by atoms with Gasteiger partial charge in [-0.3, -0.25) is 4.90 Å². The smallest absolute Gasteiger partial charge is 0.407 e. The molecule has 1 unspecified atom stereocenters. The predicted octanol–water partition coefficient (Wildman–Crippen LogP) is -0.0269. The fourth-order valence-electron chi connectivity index (χ4n) is 2.65. The number of piperazine rings is 1. The fourth-order valence-corrected chi connectivity index (χ4v) is 2.65. The molecule has 0 aromatic heterocycles. The van der Waals surface area contributed by atoms with E-state index in [-0.39, 0.29) is 12.1 Å². The molecule has 0 aromatic rings. The van der Waals surface area contributed by atoms with Crippen molar-refractivity contribution in [3.8, 4) is 0 Å². The molecule has 2 rings (SSSR count). The van der Waals surface area contributed by atoms with Crippen molar-refractivity contribution in [3.05, 3.63) is 0 Å². The maximum absolute atomic E-state index is 11.0. The van der Waals surface area contributed by atoms with Crippen LogP contribution in [0.4, 0.5) is 4.79 Å². The lowest BCUT2D eigenvalue weighted by molar-refractivity contribution is 0.0892. The predicted molar refractivity (Wildman–Crippen MR) is 50.3 cm³/mol. The van der Waals surface area contributed by atoms with E-state index in [1.165, 1.54) is 0 Å². The van der Waals surface area contributed by atoms with Gasteiger partial charge in [0.1, 0.15) is 0 Å². The molecule has 3 atom stereocenters. The zero-order chi connectivity index (χ0) is 10.1. The van der Waals surface area contributed by atoms with Crippen LogP contribution in [0.1, 0.15) is 6.42 Å². The minimum absolute atomic E-state index is 0.103. The van der Waals surface area contributed by atoms with E-state index in [9.17, 15) is 4.79 Å². The van der Waals surface area contributed by atoms with Crippen LogP contribution in [0.2, 0.25) is 0 Å². The average Bonchev–Trinajstić information content (AvgIpc) is 2.36. The highest BCUT2D eigenvalue weighted by atomic mass is 16.5. The molecular weight excluding hydrogens is 184 g/mol. The van der Waals surface area contributed by atoms with Crippen molar-refractivity contribution in [2.24, 2.45) is 5.92 Å². The van der Waals surface area contributed by atoms with Gasteiger partial charge in [-0.2, -0.15) is 0 Å². The van der Waals surface area contributed by atoms with Crippen molar-refractivity contribution >= 4 is 6.09 Å². The Morgan fingerprint density at radius 3 is 3.00 bits per heavy atom. The van der Waals surface area contributed by atoms with E-state index in [4.69, 9.17) is 9.84 Å². The summed E-state index contributed by atoms with van der Waals surface area (Å²) < 4.78 is 5.11. The molecule has 0 saturated carbocycles. The minimum Gasteiger partial charge on any atom is -0.465 e. The maximum atomic E-state index is 11.0. The number of carboxylic acid groups (broad SMARTS) is 1. The highest BCUT2D eigenvalue weighted by molar-refractivity contribution is 5.66. The van der Waals surface area contributed by atoms with Crippen LogP contribution >= 0.6 is 0 Å². The Balaban J connectivity index is 2.10. The first-order valence-electron chi connectivity index (χ1n) is 4.95. The molecule has 2 aliphatic heterocycles. The number of rotatable bonds is 2. The van der Waals surface area contributed by atoms with E-state index >= 15 is 0 Å².